The maximum Gasteiger partial charge on any atom is 0.222 e. The van der Waals surface area contributed by atoms with Crippen LogP contribution in [0.15, 0.2) is 12.4 Å². The number of likely N-dealkylation sites (tertiary alicyclic amines) is 1. The van der Waals surface area contributed by atoms with Crippen molar-refractivity contribution in [3.8, 4) is 0 Å². The van der Waals surface area contributed by atoms with Gasteiger partial charge in [-0.05, 0) is 45.2 Å². The molecule has 1 atom stereocenters. The molecule has 0 bridgehead atoms. The number of aromatic nitrogens is 2. The van der Waals surface area contributed by atoms with Crippen LogP contribution in [-0.4, -0.2) is 58.2 Å². The fourth-order valence-corrected chi connectivity index (χ4v) is 3.04. The molecule has 0 N–H and O–H groups in total. The van der Waals surface area contributed by atoms with E-state index < -0.39 is 0 Å². The molecule has 1 fully saturated rings. The first-order valence-corrected chi connectivity index (χ1v) is 7.91. The molecule has 0 aromatic carbocycles. The summed E-state index contributed by atoms with van der Waals surface area (Å²) in [4.78, 5) is 16.3. The molecule has 5 nitrogen and oxygen atoms in total. The second-order valence-electron chi connectivity index (χ2n) is 6.58. The molecule has 21 heavy (non-hydrogen) atoms. The second kappa shape index (κ2) is 7.07. The molecule has 118 valence electrons. The average molecular weight is 292 g/mol. The van der Waals surface area contributed by atoms with Gasteiger partial charge >= 0.3 is 0 Å². The summed E-state index contributed by atoms with van der Waals surface area (Å²) in [6, 6.07) is 0.320. The Bertz CT molecular complexity index is 469. The van der Waals surface area contributed by atoms with Crippen molar-refractivity contribution in [2.75, 3.05) is 26.7 Å². The molecule has 0 spiro atoms. The van der Waals surface area contributed by atoms with Crippen molar-refractivity contribution >= 4 is 5.91 Å². The molecule has 0 aliphatic carbocycles. The predicted octanol–water partition coefficient (Wildman–Crippen LogP) is 1.54. The van der Waals surface area contributed by atoms with E-state index in [2.05, 4.69) is 37.1 Å². The number of rotatable bonds is 6. The maximum absolute atomic E-state index is 11.9. The van der Waals surface area contributed by atoms with Gasteiger partial charge in [-0.3, -0.25) is 9.48 Å². The van der Waals surface area contributed by atoms with Crippen LogP contribution >= 0.6 is 0 Å². The third-order valence-electron chi connectivity index (χ3n) is 4.28. The van der Waals surface area contributed by atoms with E-state index in [0.29, 0.717) is 24.3 Å². The molecule has 0 radical (unpaired) electrons. The summed E-state index contributed by atoms with van der Waals surface area (Å²) in [6.45, 7) is 7.22. The fraction of sp³-hybridized carbons (Fsp3) is 0.750. The van der Waals surface area contributed by atoms with E-state index in [1.54, 1.807) is 0 Å². The molecule has 2 rings (SSSR count). The molecule has 0 saturated carbocycles. The van der Waals surface area contributed by atoms with Crippen molar-refractivity contribution in [2.24, 2.45) is 13.0 Å². The molecule has 1 aromatic rings. The maximum atomic E-state index is 11.9. The van der Waals surface area contributed by atoms with Crippen LogP contribution in [0.25, 0.3) is 0 Å². The molecular weight excluding hydrogens is 264 g/mol. The van der Waals surface area contributed by atoms with Crippen molar-refractivity contribution < 1.29 is 4.79 Å². The van der Waals surface area contributed by atoms with Crippen LogP contribution in [0.2, 0.25) is 0 Å². The molecule has 5 heteroatoms. The van der Waals surface area contributed by atoms with Crippen molar-refractivity contribution in [3.63, 3.8) is 0 Å². The Morgan fingerprint density at radius 3 is 2.86 bits per heavy atom. The lowest BCUT2D eigenvalue weighted by molar-refractivity contribution is -0.136. The highest BCUT2D eigenvalue weighted by atomic mass is 16.2. The highest BCUT2D eigenvalue weighted by Crippen LogP contribution is 2.20. The standard InChI is InChI=1S/C16H28N4O/c1-13(2)20-12-15(5-6-16(20)21)10-18(3)8-7-14-9-17-19(4)11-14/h9,11,13,15H,5-8,10,12H2,1-4H3. The van der Waals surface area contributed by atoms with Gasteiger partial charge in [0.05, 0.1) is 6.20 Å². The molecule has 2 heterocycles. The number of carbonyl (C=O) groups is 1. The van der Waals surface area contributed by atoms with Crippen LogP contribution in [0.4, 0.5) is 0 Å². The largest absolute Gasteiger partial charge is 0.340 e. The monoisotopic (exact) mass is 292 g/mol. The smallest absolute Gasteiger partial charge is 0.222 e. The lowest BCUT2D eigenvalue weighted by Crippen LogP contribution is -2.46. The summed E-state index contributed by atoms with van der Waals surface area (Å²) in [5.41, 5.74) is 1.28. The van der Waals surface area contributed by atoms with E-state index >= 15 is 0 Å². The SMILES string of the molecule is CC(C)N1CC(CN(C)CCc2cnn(C)c2)CCC1=O. The second-order valence-corrected chi connectivity index (χ2v) is 6.58. The van der Waals surface area contributed by atoms with Crippen LogP contribution in [0.3, 0.4) is 0 Å². The number of hydrogen-bond donors (Lipinski definition) is 0. The number of nitrogens with zero attached hydrogens (tertiary/aromatic N) is 4. The quantitative estimate of drug-likeness (QED) is 0.798. The van der Waals surface area contributed by atoms with Crippen LogP contribution < -0.4 is 0 Å². The van der Waals surface area contributed by atoms with E-state index in [9.17, 15) is 4.79 Å². The summed E-state index contributed by atoms with van der Waals surface area (Å²) in [7, 11) is 4.12. The zero-order chi connectivity index (χ0) is 15.4. The predicted molar refractivity (Wildman–Crippen MR) is 84.0 cm³/mol. The number of likely N-dealkylation sites (N-methyl/N-ethyl adjacent to an activating group) is 1. The van der Waals surface area contributed by atoms with Crippen molar-refractivity contribution in [2.45, 2.75) is 39.2 Å². The van der Waals surface area contributed by atoms with Gasteiger partial charge in [-0.2, -0.15) is 5.10 Å². The lowest BCUT2D eigenvalue weighted by atomic mass is 9.96. The highest BCUT2D eigenvalue weighted by molar-refractivity contribution is 5.77. The van der Waals surface area contributed by atoms with E-state index in [1.165, 1.54) is 5.56 Å². The van der Waals surface area contributed by atoms with Gasteiger partial charge in [-0.15, -0.1) is 0 Å². The topological polar surface area (TPSA) is 41.4 Å². The van der Waals surface area contributed by atoms with Crippen LogP contribution in [0, 0.1) is 5.92 Å². The van der Waals surface area contributed by atoms with E-state index in [0.717, 1.165) is 32.5 Å². The minimum Gasteiger partial charge on any atom is -0.340 e. The minimum atomic E-state index is 0.319. The van der Waals surface area contributed by atoms with Crippen LogP contribution in [0.5, 0.6) is 0 Å². The molecule has 1 aromatic heterocycles. The van der Waals surface area contributed by atoms with Gasteiger partial charge in [0.15, 0.2) is 0 Å². The molecule has 1 aliphatic rings. The van der Waals surface area contributed by atoms with Crippen molar-refractivity contribution in [1.82, 2.24) is 19.6 Å². The van der Waals surface area contributed by atoms with E-state index in [4.69, 9.17) is 0 Å². The summed E-state index contributed by atoms with van der Waals surface area (Å²) >= 11 is 0. The molecule has 1 saturated heterocycles. The van der Waals surface area contributed by atoms with Gasteiger partial charge < -0.3 is 9.80 Å². The van der Waals surface area contributed by atoms with Crippen LogP contribution in [-0.2, 0) is 18.3 Å². The number of carbonyl (C=O) groups excluding carboxylic acids is 1. The molecule has 1 unspecified atom stereocenters. The molecule has 1 aliphatic heterocycles. The molecular formula is C16H28N4O. The van der Waals surface area contributed by atoms with Gasteiger partial charge in [0.1, 0.15) is 0 Å². The van der Waals surface area contributed by atoms with Gasteiger partial charge in [0, 0.05) is 45.3 Å². The average Bonchev–Trinajstić information content (AvgIpc) is 2.84. The Morgan fingerprint density at radius 1 is 1.48 bits per heavy atom. The van der Waals surface area contributed by atoms with Crippen LogP contribution in [0.1, 0.15) is 32.3 Å². The van der Waals surface area contributed by atoms with Gasteiger partial charge in [0.2, 0.25) is 5.91 Å². The third kappa shape index (κ3) is 4.56. The summed E-state index contributed by atoms with van der Waals surface area (Å²) in [6.07, 6.45) is 6.78. The molecule has 1 amide bonds. The third-order valence-corrected chi connectivity index (χ3v) is 4.28. The Balaban J connectivity index is 1.77. The lowest BCUT2D eigenvalue weighted by Gasteiger charge is -2.37. The van der Waals surface area contributed by atoms with E-state index in [-0.39, 0.29) is 0 Å². The Morgan fingerprint density at radius 2 is 2.24 bits per heavy atom. The zero-order valence-corrected chi connectivity index (χ0v) is 13.7. The summed E-state index contributed by atoms with van der Waals surface area (Å²) in [5.74, 6) is 0.920. The Labute approximate surface area is 127 Å². The minimum absolute atomic E-state index is 0.319. The van der Waals surface area contributed by atoms with Gasteiger partial charge in [-0.1, -0.05) is 0 Å². The highest BCUT2D eigenvalue weighted by Gasteiger charge is 2.27. The number of aryl methyl sites for hydroxylation is 1. The number of piperidine rings is 1. The zero-order valence-electron chi connectivity index (χ0n) is 13.7. The first-order chi connectivity index (χ1) is 9.95. The first kappa shape index (κ1) is 16.0. The van der Waals surface area contributed by atoms with Gasteiger partial charge in [-0.25, -0.2) is 0 Å². The number of hydrogen-bond acceptors (Lipinski definition) is 3. The van der Waals surface area contributed by atoms with Crippen molar-refractivity contribution in [3.05, 3.63) is 18.0 Å². The Kier molecular flexibility index (Phi) is 5.39. The fourth-order valence-electron chi connectivity index (χ4n) is 3.04. The summed E-state index contributed by atoms with van der Waals surface area (Å²) in [5, 5.41) is 4.20. The normalized spacial score (nSPS) is 19.8. The van der Waals surface area contributed by atoms with E-state index in [1.807, 2.05) is 22.8 Å². The number of amides is 1. The first-order valence-electron chi connectivity index (χ1n) is 7.91. The Hall–Kier alpha value is -1.36. The van der Waals surface area contributed by atoms with Gasteiger partial charge in [0.25, 0.3) is 0 Å². The van der Waals surface area contributed by atoms with Crippen molar-refractivity contribution in [1.29, 1.82) is 0 Å². The summed E-state index contributed by atoms with van der Waals surface area (Å²) < 4.78 is 1.85.